The Morgan fingerprint density at radius 3 is 2.40 bits per heavy atom. The van der Waals surface area contributed by atoms with Crippen molar-refractivity contribution in [1.82, 2.24) is 0 Å². The second-order valence-electron chi connectivity index (χ2n) is 2.60. The Kier molecular flexibility index (Phi) is 3.03. The van der Waals surface area contributed by atoms with Crippen molar-refractivity contribution in [2.24, 2.45) is 5.18 Å². The molecule has 0 aliphatic carbocycles. The van der Waals surface area contributed by atoms with E-state index in [0.29, 0.717) is 0 Å². The van der Waals surface area contributed by atoms with E-state index in [-0.39, 0.29) is 6.07 Å². The standard InChI is InChI=1S/C8H4F3NO3/c9-5-1-3(8(13)14)6(10)4(2-12-15)7(5)11/h1H,2H2,(H,13,14). The Morgan fingerprint density at radius 1 is 1.33 bits per heavy atom. The second kappa shape index (κ2) is 4.07. The highest BCUT2D eigenvalue weighted by Crippen LogP contribution is 2.21. The number of nitroso groups, excluding NO2 is 1. The van der Waals surface area contributed by atoms with Gasteiger partial charge in [-0.1, -0.05) is 5.18 Å². The number of carboxylic acids is 1. The highest BCUT2D eigenvalue weighted by Gasteiger charge is 2.22. The van der Waals surface area contributed by atoms with E-state index < -0.39 is 41.1 Å². The highest BCUT2D eigenvalue weighted by atomic mass is 19.2. The summed E-state index contributed by atoms with van der Waals surface area (Å²) in [6.07, 6.45) is 0. The van der Waals surface area contributed by atoms with Crippen LogP contribution in [0.15, 0.2) is 11.2 Å². The average molecular weight is 219 g/mol. The van der Waals surface area contributed by atoms with Crippen LogP contribution in [-0.2, 0) is 6.54 Å². The van der Waals surface area contributed by atoms with E-state index in [9.17, 15) is 22.9 Å². The normalized spacial score (nSPS) is 10.1. The molecule has 0 saturated carbocycles. The van der Waals surface area contributed by atoms with Crippen LogP contribution in [0.5, 0.6) is 0 Å². The molecule has 7 heteroatoms. The molecule has 4 nitrogen and oxygen atoms in total. The zero-order valence-electron chi connectivity index (χ0n) is 7.13. The molecule has 0 radical (unpaired) electrons. The number of aromatic carboxylic acids is 1. The predicted octanol–water partition coefficient (Wildman–Crippen LogP) is 2.07. The Balaban J connectivity index is 3.48. The maximum absolute atomic E-state index is 13.2. The zero-order chi connectivity index (χ0) is 11.6. The number of nitrogens with zero attached hydrogens (tertiary/aromatic N) is 1. The molecule has 15 heavy (non-hydrogen) atoms. The van der Waals surface area contributed by atoms with Crippen molar-refractivity contribution < 1.29 is 23.1 Å². The molecule has 0 atom stereocenters. The minimum atomic E-state index is -1.75. The van der Waals surface area contributed by atoms with E-state index in [2.05, 4.69) is 5.18 Å². The van der Waals surface area contributed by atoms with E-state index >= 15 is 0 Å². The Bertz CT molecular complexity index is 434. The van der Waals surface area contributed by atoms with Crippen molar-refractivity contribution in [1.29, 1.82) is 0 Å². The molecule has 0 amide bonds. The molecule has 1 rings (SSSR count). The monoisotopic (exact) mass is 219 g/mol. The van der Waals surface area contributed by atoms with Crippen LogP contribution >= 0.6 is 0 Å². The maximum atomic E-state index is 13.2. The molecule has 80 valence electrons. The lowest BCUT2D eigenvalue weighted by Crippen LogP contribution is -2.08. The molecule has 0 bridgehead atoms. The molecule has 1 aromatic rings. The number of rotatable bonds is 3. The van der Waals surface area contributed by atoms with Gasteiger partial charge in [-0.3, -0.25) is 0 Å². The Labute approximate surface area is 81.3 Å². The van der Waals surface area contributed by atoms with Gasteiger partial charge in [0, 0.05) is 0 Å². The molecule has 1 aromatic carbocycles. The van der Waals surface area contributed by atoms with Gasteiger partial charge in [-0.25, -0.2) is 18.0 Å². The molecular weight excluding hydrogens is 215 g/mol. The van der Waals surface area contributed by atoms with E-state index in [4.69, 9.17) is 5.11 Å². The number of carboxylic acid groups (broad SMARTS) is 1. The molecule has 0 aliphatic heterocycles. The minimum Gasteiger partial charge on any atom is -0.478 e. The third-order valence-electron chi connectivity index (χ3n) is 1.70. The second-order valence-corrected chi connectivity index (χ2v) is 2.60. The van der Waals surface area contributed by atoms with Gasteiger partial charge >= 0.3 is 5.97 Å². The first-order chi connectivity index (χ1) is 6.99. The van der Waals surface area contributed by atoms with Gasteiger partial charge in [0.2, 0.25) is 0 Å². The summed E-state index contributed by atoms with van der Waals surface area (Å²) in [6.45, 7) is -0.963. The molecule has 0 aliphatic rings. The van der Waals surface area contributed by atoms with Crippen LogP contribution in [0, 0.1) is 22.4 Å². The molecule has 0 aromatic heterocycles. The molecule has 0 saturated heterocycles. The third-order valence-corrected chi connectivity index (χ3v) is 1.70. The number of halogens is 3. The molecule has 0 unspecified atom stereocenters. The van der Waals surface area contributed by atoms with Crippen LogP contribution in [-0.4, -0.2) is 11.1 Å². The number of hydrogen-bond donors (Lipinski definition) is 1. The lowest BCUT2D eigenvalue weighted by Gasteiger charge is -2.04. The van der Waals surface area contributed by atoms with Gasteiger partial charge < -0.3 is 5.11 Å². The summed E-state index contributed by atoms with van der Waals surface area (Å²) in [5, 5.41) is 10.6. The summed E-state index contributed by atoms with van der Waals surface area (Å²) in [7, 11) is 0. The minimum absolute atomic E-state index is 0.210. The van der Waals surface area contributed by atoms with Gasteiger partial charge in [0.25, 0.3) is 0 Å². The van der Waals surface area contributed by atoms with Crippen molar-refractivity contribution in [3.63, 3.8) is 0 Å². The molecular formula is C8H4F3NO3. The average Bonchev–Trinajstić information content (AvgIpc) is 2.18. The van der Waals surface area contributed by atoms with Crippen molar-refractivity contribution in [2.75, 3.05) is 0 Å². The van der Waals surface area contributed by atoms with Crippen molar-refractivity contribution >= 4 is 5.97 Å². The molecule has 0 heterocycles. The number of benzene rings is 1. The summed E-state index contributed by atoms with van der Waals surface area (Å²) in [5.41, 5.74) is -2.02. The topological polar surface area (TPSA) is 66.7 Å². The fourth-order valence-corrected chi connectivity index (χ4v) is 1.02. The lowest BCUT2D eigenvalue weighted by molar-refractivity contribution is 0.0690. The Morgan fingerprint density at radius 2 is 1.93 bits per heavy atom. The largest absolute Gasteiger partial charge is 0.478 e. The van der Waals surface area contributed by atoms with Crippen LogP contribution in [0.2, 0.25) is 0 Å². The molecule has 0 spiro atoms. The Hall–Kier alpha value is -1.92. The number of hydrogen-bond acceptors (Lipinski definition) is 3. The van der Waals surface area contributed by atoms with Crippen LogP contribution in [0.1, 0.15) is 15.9 Å². The lowest BCUT2D eigenvalue weighted by atomic mass is 10.1. The molecule has 1 N–H and O–H groups in total. The summed E-state index contributed by atoms with van der Waals surface area (Å²) >= 11 is 0. The van der Waals surface area contributed by atoms with Gasteiger partial charge in [0.1, 0.15) is 12.4 Å². The van der Waals surface area contributed by atoms with Crippen LogP contribution in [0.3, 0.4) is 0 Å². The van der Waals surface area contributed by atoms with Gasteiger partial charge in [0.15, 0.2) is 11.6 Å². The zero-order valence-corrected chi connectivity index (χ0v) is 7.13. The molecule has 0 fully saturated rings. The maximum Gasteiger partial charge on any atom is 0.338 e. The predicted molar refractivity (Wildman–Crippen MR) is 42.8 cm³/mol. The summed E-state index contributed by atoms with van der Waals surface area (Å²) in [4.78, 5) is 20.2. The summed E-state index contributed by atoms with van der Waals surface area (Å²) in [5.74, 6) is -6.37. The van der Waals surface area contributed by atoms with E-state index in [1.807, 2.05) is 0 Å². The highest BCUT2D eigenvalue weighted by molar-refractivity contribution is 5.88. The SMILES string of the molecule is O=NCc1c(F)c(F)cc(C(=O)O)c1F. The van der Waals surface area contributed by atoms with Gasteiger partial charge in [-0.15, -0.1) is 0 Å². The first kappa shape index (κ1) is 11.2. The first-order valence-corrected chi connectivity index (χ1v) is 3.67. The smallest absolute Gasteiger partial charge is 0.338 e. The van der Waals surface area contributed by atoms with Crippen LogP contribution in [0.4, 0.5) is 13.2 Å². The van der Waals surface area contributed by atoms with E-state index in [1.54, 1.807) is 0 Å². The van der Waals surface area contributed by atoms with Gasteiger partial charge in [-0.2, -0.15) is 4.91 Å². The fraction of sp³-hybridized carbons (Fsp3) is 0.125. The fourth-order valence-electron chi connectivity index (χ4n) is 1.02. The van der Waals surface area contributed by atoms with Crippen LogP contribution in [0.25, 0.3) is 0 Å². The third kappa shape index (κ3) is 1.95. The van der Waals surface area contributed by atoms with Crippen molar-refractivity contribution in [2.45, 2.75) is 6.54 Å². The van der Waals surface area contributed by atoms with Crippen LogP contribution < -0.4 is 0 Å². The summed E-state index contributed by atoms with van der Waals surface area (Å²) < 4.78 is 38.8. The quantitative estimate of drug-likeness (QED) is 0.625. The summed E-state index contributed by atoms with van der Waals surface area (Å²) in [6, 6.07) is 0.210. The van der Waals surface area contributed by atoms with E-state index in [0.717, 1.165) is 0 Å². The van der Waals surface area contributed by atoms with Crippen molar-refractivity contribution in [3.8, 4) is 0 Å². The van der Waals surface area contributed by atoms with Gasteiger partial charge in [0.05, 0.1) is 11.1 Å². The van der Waals surface area contributed by atoms with Crippen molar-refractivity contribution in [3.05, 3.63) is 39.6 Å². The number of carbonyl (C=O) groups is 1. The van der Waals surface area contributed by atoms with E-state index in [1.165, 1.54) is 0 Å². The van der Waals surface area contributed by atoms with Gasteiger partial charge in [-0.05, 0) is 6.07 Å². The first-order valence-electron chi connectivity index (χ1n) is 3.67.